The molecule has 2 N–H and O–H groups in total. The average Bonchev–Trinajstić information content (AvgIpc) is 2.59. The summed E-state index contributed by atoms with van der Waals surface area (Å²) >= 11 is 5.69. The fraction of sp³-hybridized carbons (Fsp3) is 0.125. The van der Waals surface area contributed by atoms with Crippen molar-refractivity contribution in [3.8, 4) is 0 Å². The van der Waals surface area contributed by atoms with Crippen LogP contribution in [0, 0.1) is 10.1 Å². The van der Waals surface area contributed by atoms with E-state index < -0.39 is 16.7 Å². The van der Waals surface area contributed by atoms with E-state index in [2.05, 4.69) is 10.9 Å². The third-order valence-electron chi connectivity index (χ3n) is 3.32. The van der Waals surface area contributed by atoms with E-state index >= 15 is 0 Å². The van der Waals surface area contributed by atoms with E-state index in [1.165, 1.54) is 12.1 Å². The summed E-state index contributed by atoms with van der Waals surface area (Å²) in [5.41, 5.74) is 5.56. The topological polar surface area (TPSA) is 101 Å². The predicted octanol–water partition coefficient (Wildman–Crippen LogP) is 2.89. The van der Waals surface area contributed by atoms with E-state index in [1.54, 1.807) is 12.1 Å². The SMILES string of the molecule is CCc1ccc(C(=O)NNC(=O)c2ccc(Cl)c([N+](=O)[O-])c2)cc1. The molecule has 0 aliphatic heterocycles. The zero-order valence-corrected chi connectivity index (χ0v) is 13.5. The molecule has 2 amide bonds. The Morgan fingerprint density at radius 1 is 1.04 bits per heavy atom. The Balaban J connectivity index is 2.03. The van der Waals surface area contributed by atoms with Crippen molar-refractivity contribution in [1.29, 1.82) is 0 Å². The second kappa shape index (κ2) is 7.56. The molecule has 0 bridgehead atoms. The van der Waals surface area contributed by atoms with Crippen LogP contribution in [0.25, 0.3) is 0 Å². The quantitative estimate of drug-likeness (QED) is 0.655. The molecule has 124 valence electrons. The number of nitro benzene ring substituents is 1. The van der Waals surface area contributed by atoms with Crippen molar-refractivity contribution < 1.29 is 14.5 Å². The number of nitrogens with zero attached hydrogens (tertiary/aromatic N) is 1. The average molecular weight is 348 g/mol. The Morgan fingerprint density at radius 3 is 2.12 bits per heavy atom. The maximum Gasteiger partial charge on any atom is 0.288 e. The van der Waals surface area contributed by atoms with Crippen molar-refractivity contribution in [3.05, 3.63) is 74.3 Å². The molecule has 2 aromatic rings. The highest BCUT2D eigenvalue weighted by Crippen LogP contribution is 2.24. The van der Waals surface area contributed by atoms with Gasteiger partial charge in [0, 0.05) is 17.2 Å². The summed E-state index contributed by atoms with van der Waals surface area (Å²) in [6.45, 7) is 2.00. The van der Waals surface area contributed by atoms with Crippen molar-refractivity contribution in [2.75, 3.05) is 0 Å². The number of hydrazine groups is 1. The summed E-state index contributed by atoms with van der Waals surface area (Å²) in [6.07, 6.45) is 0.855. The van der Waals surface area contributed by atoms with Crippen molar-refractivity contribution in [2.24, 2.45) is 0 Å². The Labute approximate surface area is 142 Å². The molecule has 0 aliphatic carbocycles. The zero-order valence-electron chi connectivity index (χ0n) is 12.7. The standard InChI is InChI=1S/C16H14ClN3O4/c1-2-10-3-5-11(6-4-10)15(21)18-19-16(22)12-7-8-13(17)14(9-12)20(23)24/h3-9H,2H2,1H3,(H,18,21)(H,19,22). The third kappa shape index (κ3) is 4.08. The molecule has 0 saturated heterocycles. The van der Waals surface area contributed by atoms with E-state index in [4.69, 9.17) is 11.6 Å². The summed E-state index contributed by atoms with van der Waals surface area (Å²) in [4.78, 5) is 34.1. The number of nitro groups is 1. The van der Waals surface area contributed by atoms with Crippen LogP contribution in [0.1, 0.15) is 33.2 Å². The molecule has 0 unspecified atom stereocenters. The van der Waals surface area contributed by atoms with Crippen LogP contribution >= 0.6 is 11.6 Å². The van der Waals surface area contributed by atoms with Crippen LogP contribution in [0.5, 0.6) is 0 Å². The number of carbonyl (C=O) groups is 2. The monoisotopic (exact) mass is 347 g/mol. The molecule has 24 heavy (non-hydrogen) atoms. The normalized spacial score (nSPS) is 10.1. The molecule has 7 nitrogen and oxygen atoms in total. The van der Waals surface area contributed by atoms with Crippen molar-refractivity contribution in [2.45, 2.75) is 13.3 Å². The Kier molecular flexibility index (Phi) is 5.49. The molecule has 0 fully saturated rings. The number of hydrogen-bond donors (Lipinski definition) is 2. The smallest absolute Gasteiger partial charge is 0.267 e. The van der Waals surface area contributed by atoms with Gasteiger partial charge in [-0.25, -0.2) is 0 Å². The van der Waals surface area contributed by atoms with Crippen LogP contribution in [0.2, 0.25) is 5.02 Å². The number of benzene rings is 2. The molecule has 0 heterocycles. The van der Waals surface area contributed by atoms with Crippen LogP contribution in [-0.4, -0.2) is 16.7 Å². The maximum absolute atomic E-state index is 12.0. The fourth-order valence-corrected chi connectivity index (χ4v) is 2.13. The molecular weight excluding hydrogens is 334 g/mol. The molecule has 0 atom stereocenters. The molecule has 8 heteroatoms. The Morgan fingerprint density at radius 2 is 1.58 bits per heavy atom. The number of aryl methyl sites for hydroxylation is 1. The minimum absolute atomic E-state index is 0.00716. The number of halogens is 1. The first-order chi connectivity index (χ1) is 11.4. The summed E-state index contributed by atoms with van der Waals surface area (Å²) in [5.74, 6) is -1.18. The molecular formula is C16H14ClN3O4. The van der Waals surface area contributed by atoms with E-state index in [-0.39, 0.29) is 16.3 Å². The van der Waals surface area contributed by atoms with E-state index in [0.29, 0.717) is 5.56 Å². The lowest BCUT2D eigenvalue weighted by Gasteiger charge is -2.08. The fourth-order valence-electron chi connectivity index (χ4n) is 1.94. The Bertz CT molecular complexity index is 790. The summed E-state index contributed by atoms with van der Waals surface area (Å²) < 4.78 is 0. The highest BCUT2D eigenvalue weighted by molar-refractivity contribution is 6.32. The summed E-state index contributed by atoms with van der Waals surface area (Å²) in [6, 6.07) is 10.5. The second-order valence-electron chi connectivity index (χ2n) is 4.88. The molecule has 2 rings (SSSR count). The van der Waals surface area contributed by atoms with Gasteiger partial charge < -0.3 is 0 Å². The highest BCUT2D eigenvalue weighted by Gasteiger charge is 2.16. The van der Waals surface area contributed by atoms with E-state index in [0.717, 1.165) is 18.1 Å². The lowest BCUT2D eigenvalue weighted by Crippen LogP contribution is -2.41. The van der Waals surface area contributed by atoms with E-state index in [9.17, 15) is 19.7 Å². The van der Waals surface area contributed by atoms with Crippen LogP contribution < -0.4 is 10.9 Å². The van der Waals surface area contributed by atoms with Gasteiger partial charge in [-0.15, -0.1) is 0 Å². The highest BCUT2D eigenvalue weighted by atomic mass is 35.5. The predicted molar refractivity (Wildman–Crippen MR) is 88.9 cm³/mol. The lowest BCUT2D eigenvalue weighted by molar-refractivity contribution is -0.384. The largest absolute Gasteiger partial charge is 0.288 e. The summed E-state index contributed by atoms with van der Waals surface area (Å²) in [5, 5.41) is 10.7. The molecule has 0 aromatic heterocycles. The van der Waals surface area contributed by atoms with Crippen molar-refractivity contribution in [1.82, 2.24) is 10.9 Å². The van der Waals surface area contributed by atoms with Gasteiger partial charge in [0.05, 0.1) is 4.92 Å². The van der Waals surface area contributed by atoms with Gasteiger partial charge in [-0.3, -0.25) is 30.6 Å². The van der Waals surface area contributed by atoms with Crippen LogP contribution in [-0.2, 0) is 6.42 Å². The van der Waals surface area contributed by atoms with Gasteiger partial charge in [-0.05, 0) is 36.2 Å². The first kappa shape index (κ1) is 17.4. The molecule has 0 spiro atoms. The minimum Gasteiger partial charge on any atom is -0.267 e. The first-order valence-electron chi connectivity index (χ1n) is 7.06. The molecule has 2 aromatic carbocycles. The van der Waals surface area contributed by atoms with E-state index in [1.807, 2.05) is 19.1 Å². The van der Waals surface area contributed by atoms with Crippen molar-refractivity contribution in [3.63, 3.8) is 0 Å². The van der Waals surface area contributed by atoms with Crippen LogP contribution in [0.15, 0.2) is 42.5 Å². The van der Waals surface area contributed by atoms with Gasteiger partial charge in [0.2, 0.25) is 0 Å². The van der Waals surface area contributed by atoms with Gasteiger partial charge in [0.15, 0.2) is 0 Å². The molecule has 0 radical (unpaired) electrons. The zero-order chi connectivity index (χ0) is 17.7. The molecule has 0 saturated carbocycles. The Hall–Kier alpha value is -2.93. The maximum atomic E-state index is 12.0. The number of hydrogen-bond acceptors (Lipinski definition) is 4. The minimum atomic E-state index is -0.688. The van der Waals surface area contributed by atoms with Gasteiger partial charge in [-0.2, -0.15) is 0 Å². The number of carbonyl (C=O) groups excluding carboxylic acids is 2. The van der Waals surface area contributed by atoms with Crippen LogP contribution in [0.4, 0.5) is 5.69 Å². The van der Waals surface area contributed by atoms with Gasteiger partial charge in [0.25, 0.3) is 17.5 Å². The number of rotatable bonds is 4. The second-order valence-corrected chi connectivity index (χ2v) is 5.29. The van der Waals surface area contributed by atoms with Gasteiger partial charge in [-0.1, -0.05) is 30.7 Å². The van der Waals surface area contributed by atoms with Gasteiger partial charge >= 0.3 is 0 Å². The van der Waals surface area contributed by atoms with Gasteiger partial charge in [0.1, 0.15) is 5.02 Å². The lowest BCUT2D eigenvalue weighted by atomic mass is 10.1. The first-order valence-corrected chi connectivity index (χ1v) is 7.43. The number of amides is 2. The number of nitrogens with one attached hydrogen (secondary N) is 2. The van der Waals surface area contributed by atoms with Crippen molar-refractivity contribution >= 4 is 29.1 Å². The third-order valence-corrected chi connectivity index (χ3v) is 3.64. The van der Waals surface area contributed by atoms with Crippen LogP contribution in [0.3, 0.4) is 0 Å². The summed E-state index contributed by atoms with van der Waals surface area (Å²) in [7, 11) is 0. The molecule has 0 aliphatic rings.